The van der Waals surface area contributed by atoms with E-state index in [9.17, 15) is 8.42 Å². The van der Waals surface area contributed by atoms with E-state index in [-0.39, 0.29) is 15.6 Å². The van der Waals surface area contributed by atoms with Crippen molar-refractivity contribution in [1.29, 1.82) is 0 Å². The van der Waals surface area contributed by atoms with E-state index in [2.05, 4.69) is 9.97 Å². The molecule has 1 aromatic heterocycles. The van der Waals surface area contributed by atoms with Crippen LogP contribution in [0, 0.1) is 0 Å². The molecule has 0 saturated heterocycles. The van der Waals surface area contributed by atoms with E-state index in [1.807, 2.05) is 0 Å². The quantitative estimate of drug-likeness (QED) is 0.690. The summed E-state index contributed by atoms with van der Waals surface area (Å²) < 4.78 is 24.7. The first-order valence-corrected chi connectivity index (χ1v) is 8.21. The van der Waals surface area contributed by atoms with Gasteiger partial charge in [0.1, 0.15) is 10.7 Å². The van der Waals surface area contributed by atoms with Crippen LogP contribution in [0.1, 0.15) is 0 Å². The Hall–Kier alpha value is -1.31. The van der Waals surface area contributed by atoms with E-state index < -0.39 is 9.84 Å². The Labute approximate surface area is 120 Å². The molecule has 0 aliphatic heterocycles. The van der Waals surface area contributed by atoms with E-state index >= 15 is 0 Å². The topological polar surface area (TPSA) is 85.9 Å². The molecule has 2 rings (SSSR count). The molecule has 0 bridgehead atoms. The van der Waals surface area contributed by atoms with Crippen molar-refractivity contribution < 1.29 is 8.42 Å². The smallest absolute Gasteiger partial charge is 0.211 e. The summed E-state index contributed by atoms with van der Waals surface area (Å²) in [6.07, 6.45) is 3.00. The number of anilines is 1. The third kappa shape index (κ3) is 2.83. The second-order valence-corrected chi connectivity index (χ2v) is 6.69. The highest BCUT2D eigenvalue weighted by Gasteiger charge is 2.22. The van der Waals surface area contributed by atoms with Crippen LogP contribution in [0.2, 0.25) is 5.02 Å². The zero-order valence-corrected chi connectivity index (χ0v) is 12.3. The van der Waals surface area contributed by atoms with Crippen molar-refractivity contribution in [2.45, 2.75) is 14.9 Å². The number of nitrogens with zero attached hydrogens (tertiary/aromatic N) is 2. The Morgan fingerprint density at radius 2 is 1.89 bits per heavy atom. The standard InChI is InChI=1S/C11H10ClN3O2S2/c1-18-11-14-6-9(10(13)15-11)19(16,17)8-4-2-7(12)3-5-8/h2-6H,1H3,(H2,13,14,15). The number of hydrogen-bond acceptors (Lipinski definition) is 6. The van der Waals surface area contributed by atoms with Gasteiger partial charge in [-0.2, -0.15) is 0 Å². The van der Waals surface area contributed by atoms with Crippen LogP contribution in [0.25, 0.3) is 0 Å². The highest BCUT2D eigenvalue weighted by molar-refractivity contribution is 7.98. The third-order valence-electron chi connectivity index (χ3n) is 2.36. The zero-order valence-electron chi connectivity index (χ0n) is 9.87. The molecule has 0 spiro atoms. The largest absolute Gasteiger partial charge is 0.382 e. The van der Waals surface area contributed by atoms with Gasteiger partial charge in [0.15, 0.2) is 5.16 Å². The fourth-order valence-corrected chi connectivity index (χ4v) is 3.15. The minimum absolute atomic E-state index is 0.0608. The highest BCUT2D eigenvalue weighted by Crippen LogP contribution is 2.26. The predicted molar refractivity (Wildman–Crippen MR) is 75.1 cm³/mol. The number of rotatable bonds is 3. The fraction of sp³-hybridized carbons (Fsp3) is 0.0909. The summed E-state index contributed by atoms with van der Waals surface area (Å²) in [5, 5.41) is 0.883. The van der Waals surface area contributed by atoms with Crippen molar-refractivity contribution >= 4 is 39.0 Å². The fourth-order valence-electron chi connectivity index (χ4n) is 1.41. The summed E-state index contributed by atoms with van der Waals surface area (Å²) in [4.78, 5) is 7.86. The molecule has 0 aliphatic carbocycles. The Balaban J connectivity index is 2.53. The van der Waals surface area contributed by atoms with Gasteiger partial charge in [0.2, 0.25) is 9.84 Å². The summed E-state index contributed by atoms with van der Waals surface area (Å²) in [7, 11) is -3.73. The van der Waals surface area contributed by atoms with Gasteiger partial charge in [-0.1, -0.05) is 23.4 Å². The zero-order chi connectivity index (χ0) is 14.0. The number of aromatic nitrogens is 2. The molecule has 0 aliphatic rings. The van der Waals surface area contributed by atoms with Gasteiger partial charge in [-0.15, -0.1) is 0 Å². The van der Waals surface area contributed by atoms with Gasteiger partial charge < -0.3 is 5.73 Å². The molecule has 8 heteroatoms. The molecule has 0 unspecified atom stereocenters. The van der Waals surface area contributed by atoms with Crippen molar-refractivity contribution in [3.63, 3.8) is 0 Å². The highest BCUT2D eigenvalue weighted by atomic mass is 35.5. The summed E-state index contributed by atoms with van der Waals surface area (Å²) in [6.45, 7) is 0. The first-order chi connectivity index (χ1) is 8.95. The molecule has 5 nitrogen and oxygen atoms in total. The minimum Gasteiger partial charge on any atom is -0.382 e. The van der Waals surface area contributed by atoms with Crippen molar-refractivity contribution in [3.8, 4) is 0 Å². The molecule has 19 heavy (non-hydrogen) atoms. The molecule has 0 radical (unpaired) electrons. The lowest BCUT2D eigenvalue weighted by Crippen LogP contribution is -2.08. The van der Waals surface area contributed by atoms with Crippen LogP contribution >= 0.6 is 23.4 Å². The van der Waals surface area contributed by atoms with E-state index in [4.69, 9.17) is 17.3 Å². The Morgan fingerprint density at radius 3 is 2.42 bits per heavy atom. The van der Waals surface area contributed by atoms with Gasteiger partial charge >= 0.3 is 0 Å². The van der Waals surface area contributed by atoms with Crippen LogP contribution in [0.15, 0.2) is 45.4 Å². The van der Waals surface area contributed by atoms with Gasteiger partial charge in [0.05, 0.1) is 11.1 Å². The summed E-state index contributed by atoms with van der Waals surface area (Å²) in [5.74, 6) is -0.0608. The number of nitrogens with two attached hydrogens (primary N) is 1. The first-order valence-electron chi connectivity index (χ1n) is 5.12. The van der Waals surface area contributed by atoms with Crippen LogP contribution in [0.4, 0.5) is 5.82 Å². The number of halogens is 1. The molecular formula is C11H10ClN3O2S2. The van der Waals surface area contributed by atoms with E-state index in [0.717, 1.165) is 0 Å². The summed E-state index contributed by atoms with van der Waals surface area (Å²) in [5.41, 5.74) is 5.68. The average Bonchev–Trinajstić information content (AvgIpc) is 2.38. The maximum atomic E-state index is 12.4. The predicted octanol–water partition coefficient (Wildman–Crippen LogP) is 2.27. The monoisotopic (exact) mass is 315 g/mol. The number of hydrogen-bond donors (Lipinski definition) is 1. The first kappa shape index (κ1) is 14.1. The van der Waals surface area contributed by atoms with Crippen molar-refractivity contribution in [2.24, 2.45) is 0 Å². The van der Waals surface area contributed by atoms with Crippen LogP contribution in [-0.4, -0.2) is 24.6 Å². The molecule has 0 atom stereocenters. The van der Waals surface area contributed by atoms with Crippen LogP contribution in [0.3, 0.4) is 0 Å². The second-order valence-electron chi connectivity index (χ2n) is 3.56. The van der Waals surface area contributed by atoms with Crippen molar-refractivity contribution in [2.75, 3.05) is 12.0 Å². The lowest BCUT2D eigenvalue weighted by molar-refractivity contribution is 0.595. The number of sulfone groups is 1. The second kappa shape index (κ2) is 5.36. The number of thioether (sulfide) groups is 1. The maximum absolute atomic E-state index is 12.4. The normalized spacial score (nSPS) is 11.5. The number of nitrogen functional groups attached to an aromatic ring is 1. The molecular weight excluding hydrogens is 306 g/mol. The molecule has 0 saturated carbocycles. The molecule has 0 amide bonds. The molecule has 0 fully saturated rings. The van der Waals surface area contributed by atoms with Crippen molar-refractivity contribution in [1.82, 2.24) is 9.97 Å². The van der Waals surface area contributed by atoms with Gasteiger partial charge in [-0.05, 0) is 30.5 Å². The van der Waals surface area contributed by atoms with Gasteiger partial charge in [0, 0.05) is 5.02 Å². The summed E-state index contributed by atoms with van der Waals surface area (Å²) >= 11 is 7.02. The number of benzene rings is 1. The van der Waals surface area contributed by atoms with E-state index in [0.29, 0.717) is 10.2 Å². The van der Waals surface area contributed by atoms with Gasteiger partial charge in [0.25, 0.3) is 0 Å². The molecule has 2 aromatic rings. The van der Waals surface area contributed by atoms with Crippen molar-refractivity contribution in [3.05, 3.63) is 35.5 Å². The Bertz CT molecular complexity index is 702. The van der Waals surface area contributed by atoms with Gasteiger partial charge in [-0.3, -0.25) is 0 Å². The van der Waals surface area contributed by atoms with Crippen LogP contribution in [-0.2, 0) is 9.84 Å². The minimum atomic E-state index is -3.73. The lowest BCUT2D eigenvalue weighted by atomic mass is 10.4. The molecule has 2 N–H and O–H groups in total. The molecule has 1 aromatic carbocycles. The molecule has 100 valence electrons. The SMILES string of the molecule is CSc1ncc(S(=O)(=O)c2ccc(Cl)cc2)c(N)n1. The van der Waals surface area contributed by atoms with Crippen LogP contribution in [0.5, 0.6) is 0 Å². The molecule has 1 heterocycles. The lowest BCUT2D eigenvalue weighted by Gasteiger charge is -2.07. The maximum Gasteiger partial charge on any atom is 0.211 e. The Morgan fingerprint density at radius 1 is 1.26 bits per heavy atom. The summed E-state index contributed by atoms with van der Waals surface area (Å²) in [6, 6.07) is 5.84. The van der Waals surface area contributed by atoms with E-state index in [1.165, 1.54) is 42.2 Å². The van der Waals surface area contributed by atoms with E-state index in [1.54, 1.807) is 6.26 Å². The van der Waals surface area contributed by atoms with Crippen LogP contribution < -0.4 is 5.73 Å². The third-order valence-corrected chi connectivity index (χ3v) is 4.96. The Kier molecular flexibility index (Phi) is 3.98. The average molecular weight is 316 g/mol. The van der Waals surface area contributed by atoms with Gasteiger partial charge in [-0.25, -0.2) is 18.4 Å².